The molecule has 0 saturated carbocycles. The Kier molecular flexibility index (Phi) is 10.5. The molecule has 4 aromatic rings. The van der Waals surface area contributed by atoms with E-state index in [4.69, 9.17) is 28.4 Å². The van der Waals surface area contributed by atoms with Crippen molar-refractivity contribution in [2.75, 3.05) is 42.7 Å². The minimum atomic E-state index is -0.935. The predicted octanol–water partition coefficient (Wildman–Crippen LogP) is 4.96. The molecule has 0 aliphatic rings. The topological polar surface area (TPSA) is 200 Å². The van der Waals surface area contributed by atoms with Gasteiger partial charge in [0.05, 0.1) is 63.6 Å². The van der Waals surface area contributed by atoms with Gasteiger partial charge in [0, 0.05) is 24.3 Å². The Morgan fingerprint density at radius 2 is 0.833 bits per heavy atom. The molecule has 16 nitrogen and oxygen atoms in total. The van der Waals surface area contributed by atoms with Crippen LogP contribution < -0.4 is 39.3 Å². The Balaban J connectivity index is 1.76. The number of hydrogen-bond donors (Lipinski definition) is 2. The fraction of sp³-hybridized carbons (Fsp3) is 0.188. The van der Waals surface area contributed by atoms with E-state index in [-0.39, 0.29) is 56.8 Å². The maximum absolute atomic E-state index is 13.6. The molecule has 16 heteroatoms. The lowest BCUT2D eigenvalue weighted by atomic mass is 9.97. The normalized spacial score (nSPS) is 10.4. The number of hydrazine groups is 1. The summed E-state index contributed by atoms with van der Waals surface area (Å²) in [6, 6.07) is 13.4. The summed E-state index contributed by atoms with van der Waals surface area (Å²) in [7, 11) is 8.45. The maximum atomic E-state index is 13.6. The van der Waals surface area contributed by atoms with Gasteiger partial charge < -0.3 is 28.4 Å². The smallest absolute Gasteiger partial charge is 0.270 e. The van der Waals surface area contributed by atoms with Gasteiger partial charge in [0.1, 0.15) is 0 Å². The van der Waals surface area contributed by atoms with Crippen molar-refractivity contribution in [1.29, 1.82) is 0 Å². The molecule has 250 valence electrons. The maximum Gasteiger partial charge on any atom is 0.270 e. The minimum absolute atomic E-state index is 0.192. The van der Waals surface area contributed by atoms with Crippen LogP contribution in [0.4, 0.5) is 11.4 Å². The summed E-state index contributed by atoms with van der Waals surface area (Å²) < 4.78 is 32.3. The van der Waals surface area contributed by atoms with E-state index in [1.165, 1.54) is 66.9 Å². The number of non-ortho nitro benzene ring substituents is 2. The first-order valence-electron chi connectivity index (χ1n) is 13.8. The number of carbonyl (C=O) groups excluding carboxylic acids is 2. The molecular formula is C32H30N4O12. The van der Waals surface area contributed by atoms with Crippen LogP contribution >= 0.6 is 0 Å². The van der Waals surface area contributed by atoms with E-state index >= 15 is 0 Å². The second-order valence-electron chi connectivity index (χ2n) is 9.71. The average Bonchev–Trinajstić information content (AvgIpc) is 3.11. The Morgan fingerprint density at radius 3 is 1.08 bits per heavy atom. The summed E-state index contributed by atoms with van der Waals surface area (Å²) in [4.78, 5) is 49.0. The fourth-order valence-corrected chi connectivity index (χ4v) is 4.89. The number of carbonyl (C=O) groups is 2. The number of benzene rings is 4. The van der Waals surface area contributed by atoms with E-state index in [0.29, 0.717) is 11.1 Å². The van der Waals surface area contributed by atoms with E-state index in [9.17, 15) is 29.8 Å². The van der Waals surface area contributed by atoms with Gasteiger partial charge >= 0.3 is 0 Å². The predicted molar refractivity (Wildman–Crippen MR) is 171 cm³/mol. The van der Waals surface area contributed by atoms with Crippen LogP contribution in [0.3, 0.4) is 0 Å². The number of ether oxygens (including phenoxy) is 6. The zero-order chi connectivity index (χ0) is 35.1. The van der Waals surface area contributed by atoms with Crippen molar-refractivity contribution in [2.45, 2.75) is 0 Å². The summed E-state index contributed by atoms with van der Waals surface area (Å²) in [5, 5.41) is 23.2. The lowest BCUT2D eigenvalue weighted by Gasteiger charge is -2.17. The summed E-state index contributed by atoms with van der Waals surface area (Å²) in [6.07, 6.45) is 0. The zero-order valence-electron chi connectivity index (χ0n) is 26.6. The van der Waals surface area contributed by atoms with Gasteiger partial charge in [0.2, 0.25) is 11.5 Å². The molecule has 0 radical (unpaired) electrons. The molecule has 0 aliphatic heterocycles. The minimum Gasteiger partial charge on any atom is -0.493 e. The van der Waals surface area contributed by atoms with Gasteiger partial charge in [-0.25, -0.2) is 0 Å². The van der Waals surface area contributed by atoms with E-state index in [0.717, 1.165) is 12.1 Å². The average molecular weight is 663 g/mol. The Bertz CT molecular complexity index is 1720. The molecule has 0 unspecified atom stereocenters. The molecule has 48 heavy (non-hydrogen) atoms. The van der Waals surface area contributed by atoms with Gasteiger partial charge in [0.15, 0.2) is 23.0 Å². The molecule has 2 N–H and O–H groups in total. The molecule has 2 amide bonds. The van der Waals surface area contributed by atoms with Crippen LogP contribution in [0, 0.1) is 20.2 Å². The molecule has 4 rings (SSSR count). The molecule has 0 spiro atoms. The highest BCUT2D eigenvalue weighted by Crippen LogP contribution is 2.43. The standard InChI is InChI=1S/C32H30N4O12/c1-43-25-11-17(12-26(44-2)29(25)47-5)21-9-7-19(35(39)40)15-23(21)31(37)33-34-32(38)24-16-20(36(41)42)8-10-22(24)18-13-27(45-3)30(48-6)28(14-18)46-4/h7-16H,1-6H3,(H,33,37)(H,34,38). The monoisotopic (exact) mass is 662 g/mol. The lowest BCUT2D eigenvalue weighted by molar-refractivity contribution is -0.385. The van der Waals surface area contributed by atoms with E-state index < -0.39 is 33.0 Å². The lowest BCUT2D eigenvalue weighted by Crippen LogP contribution is -2.42. The summed E-state index contributed by atoms with van der Waals surface area (Å²) in [6.45, 7) is 0. The number of rotatable bonds is 12. The quantitative estimate of drug-likeness (QED) is 0.153. The molecule has 4 aromatic carbocycles. The van der Waals surface area contributed by atoms with Crippen LogP contribution in [-0.2, 0) is 0 Å². The van der Waals surface area contributed by atoms with Crippen molar-refractivity contribution < 1.29 is 47.9 Å². The molecule has 0 heterocycles. The van der Waals surface area contributed by atoms with Crippen LogP contribution in [0.15, 0.2) is 60.7 Å². The van der Waals surface area contributed by atoms with Crippen molar-refractivity contribution in [3.63, 3.8) is 0 Å². The van der Waals surface area contributed by atoms with Crippen LogP contribution in [0.5, 0.6) is 34.5 Å². The van der Waals surface area contributed by atoms with Gasteiger partial charge in [-0.2, -0.15) is 0 Å². The largest absolute Gasteiger partial charge is 0.493 e. The van der Waals surface area contributed by atoms with Crippen molar-refractivity contribution in [3.05, 3.63) is 92.0 Å². The summed E-state index contributed by atoms with van der Waals surface area (Å²) >= 11 is 0. The zero-order valence-corrected chi connectivity index (χ0v) is 26.6. The molecule has 0 fully saturated rings. The SMILES string of the molecule is COc1cc(-c2ccc([N+](=O)[O-])cc2C(=O)NNC(=O)c2cc([N+](=O)[O-])ccc2-c2cc(OC)c(OC)c(OC)c2)cc(OC)c1OC. The van der Waals surface area contributed by atoms with Crippen LogP contribution in [0.2, 0.25) is 0 Å². The second kappa shape index (κ2) is 14.7. The molecule has 0 aliphatic carbocycles. The van der Waals surface area contributed by atoms with Gasteiger partial charge in [-0.15, -0.1) is 0 Å². The first-order valence-corrected chi connectivity index (χ1v) is 13.8. The molecule has 0 atom stereocenters. The summed E-state index contributed by atoms with van der Waals surface area (Å²) in [5.74, 6) is -0.270. The molecular weight excluding hydrogens is 632 g/mol. The van der Waals surface area contributed by atoms with Crippen LogP contribution in [0.25, 0.3) is 22.3 Å². The fourth-order valence-electron chi connectivity index (χ4n) is 4.89. The van der Waals surface area contributed by atoms with Crippen LogP contribution in [-0.4, -0.2) is 64.3 Å². The van der Waals surface area contributed by atoms with E-state index in [2.05, 4.69) is 10.9 Å². The highest BCUT2D eigenvalue weighted by molar-refractivity contribution is 6.06. The number of amides is 2. The second-order valence-corrected chi connectivity index (χ2v) is 9.71. The number of nitrogens with zero attached hydrogens (tertiary/aromatic N) is 2. The van der Waals surface area contributed by atoms with Crippen molar-refractivity contribution >= 4 is 23.2 Å². The third kappa shape index (κ3) is 6.81. The third-order valence-corrected chi connectivity index (χ3v) is 7.16. The molecule has 0 bridgehead atoms. The van der Waals surface area contributed by atoms with Gasteiger partial charge in [-0.1, -0.05) is 0 Å². The molecule has 0 aromatic heterocycles. The van der Waals surface area contributed by atoms with Crippen molar-refractivity contribution in [1.82, 2.24) is 10.9 Å². The van der Waals surface area contributed by atoms with Gasteiger partial charge in [-0.3, -0.25) is 40.7 Å². The number of nitro groups is 2. The summed E-state index contributed by atoms with van der Waals surface area (Å²) in [5.41, 5.74) is 4.53. The highest BCUT2D eigenvalue weighted by atomic mass is 16.6. The highest BCUT2D eigenvalue weighted by Gasteiger charge is 2.24. The number of nitro benzene ring substituents is 2. The van der Waals surface area contributed by atoms with Gasteiger partial charge in [0.25, 0.3) is 23.2 Å². The van der Waals surface area contributed by atoms with E-state index in [1.807, 2.05) is 0 Å². The first-order chi connectivity index (χ1) is 23.0. The first kappa shape index (κ1) is 34.3. The number of nitrogens with one attached hydrogen (secondary N) is 2. The van der Waals surface area contributed by atoms with Crippen molar-refractivity contribution in [3.8, 4) is 56.8 Å². The number of hydrogen-bond acceptors (Lipinski definition) is 12. The van der Waals surface area contributed by atoms with Gasteiger partial charge in [-0.05, 0) is 58.7 Å². The Morgan fingerprint density at radius 1 is 0.521 bits per heavy atom. The van der Waals surface area contributed by atoms with Crippen molar-refractivity contribution in [2.24, 2.45) is 0 Å². The Labute approximate surface area is 273 Å². The number of methoxy groups -OCH3 is 6. The molecule has 0 saturated heterocycles. The van der Waals surface area contributed by atoms with Crippen LogP contribution in [0.1, 0.15) is 20.7 Å². The third-order valence-electron chi connectivity index (χ3n) is 7.16. The van der Waals surface area contributed by atoms with E-state index in [1.54, 1.807) is 24.3 Å². The Hall–Kier alpha value is -6.58.